The predicted molar refractivity (Wildman–Crippen MR) is 111 cm³/mol. The smallest absolute Gasteiger partial charge is 0.231 e. The minimum atomic E-state index is -0.103. The van der Waals surface area contributed by atoms with Crippen LogP contribution in [0.15, 0.2) is 59.7 Å². The van der Waals surface area contributed by atoms with Crippen molar-refractivity contribution in [3.8, 4) is 17.2 Å². The number of Topliss-reactive ketones (excluding diaryl/α,β-unsaturated/α-hetero) is 1. The first-order valence-electron chi connectivity index (χ1n) is 9.33. The predicted octanol–water partition coefficient (Wildman–Crippen LogP) is 4.73. The fraction of sp³-hybridized carbons (Fsp3) is 0.174. The van der Waals surface area contributed by atoms with E-state index in [1.807, 2.05) is 30.3 Å². The summed E-state index contributed by atoms with van der Waals surface area (Å²) in [5, 5.41) is 2.07. The number of nitrogens with zero attached hydrogens (tertiary/aromatic N) is 1. The normalized spacial score (nSPS) is 16.9. The highest BCUT2D eigenvalue weighted by atomic mass is 32.1. The van der Waals surface area contributed by atoms with Crippen LogP contribution in [0.25, 0.3) is 6.08 Å². The molecule has 0 spiro atoms. The van der Waals surface area contributed by atoms with Crippen LogP contribution in [0.4, 0.5) is 0 Å². The van der Waals surface area contributed by atoms with Crippen molar-refractivity contribution >= 4 is 23.2 Å². The number of carbonyl (C=O) groups excluding carboxylic acids is 1. The van der Waals surface area contributed by atoms with Gasteiger partial charge in [0.05, 0.1) is 18.2 Å². The molecule has 0 aliphatic carbocycles. The van der Waals surface area contributed by atoms with Gasteiger partial charge in [-0.25, -0.2) is 0 Å². The van der Waals surface area contributed by atoms with Crippen molar-refractivity contribution in [3.05, 3.63) is 81.2 Å². The molecule has 5 rings (SSSR count). The highest BCUT2D eigenvalue weighted by molar-refractivity contribution is 7.09. The van der Waals surface area contributed by atoms with Gasteiger partial charge in [0.2, 0.25) is 5.78 Å². The number of rotatable bonds is 4. The monoisotopic (exact) mass is 405 g/mol. The molecular formula is C23H19NO4S. The summed E-state index contributed by atoms with van der Waals surface area (Å²) in [6, 6.07) is 15.3. The lowest BCUT2D eigenvalue weighted by molar-refractivity contribution is 0.0882. The van der Waals surface area contributed by atoms with Crippen LogP contribution in [-0.2, 0) is 13.1 Å². The molecule has 0 fully saturated rings. The lowest BCUT2D eigenvalue weighted by atomic mass is 10.0. The molecule has 2 aliphatic heterocycles. The Balaban J connectivity index is 1.42. The lowest BCUT2D eigenvalue weighted by Crippen LogP contribution is -2.31. The Bertz CT molecular complexity index is 1090. The quantitative estimate of drug-likeness (QED) is 0.588. The van der Waals surface area contributed by atoms with E-state index in [4.69, 9.17) is 14.2 Å². The summed E-state index contributed by atoms with van der Waals surface area (Å²) in [5.74, 6) is 2.39. The molecule has 0 amide bonds. The number of hydrogen-bond acceptors (Lipinski definition) is 6. The van der Waals surface area contributed by atoms with Crippen LogP contribution in [0.2, 0.25) is 0 Å². The van der Waals surface area contributed by atoms with Crippen LogP contribution >= 0.6 is 11.3 Å². The van der Waals surface area contributed by atoms with Crippen LogP contribution in [0.3, 0.4) is 0 Å². The summed E-state index contributed by atoms with van der Waals surface area (Å²) in [6.45, 7) is 2.01. The number of hydrogen-bond donors (Lipinski definition) is 0. The second-order valence-electron chi connectivity index (χ2n) is 6.97. The zero-order valence-corrected chi connectivity index (χ0v) is 16.7. The average molecular weight is 405 g/mol. The van der Waals surface area contributed by atoms with E-state index in [2.05, 4.69) is 22.4 Å². The molecule has 5 nitrogen and oxygen atoms in total. The van der Waals surface area contributed by atoms with E-state index in [9.17, 15) is 4.79 Å². The SMILES string of the molecule is COc1ccc(/C=C2\Oc3c(ccc4c3CN(Cc3cccs3)CO4)C2=O)cc1. The minimum absolute atomic E-state index is 0.103. The first-order chi connectivity index (χ1) is 14.2. The highest BCUT2D eigenvalue weighted by Crippen LogP contribution is 2.42. The van der Waals surface area contributed by atoms with Gasteiger partial charge >= 0.3 is 0 Å². The van der Waals surface area contributed by atoms with Crippen molar-refractivity contribution in [2.75, 3.05) is 13.8 Å². The molecule has 3 aromatic rings. The Labute approximate surface area is 172 Å². The van der Waals surface area contributed by atoms with Crippen LogP contribution in [0.5, 0.6) is 17.2 Å². The van der Waals surface area contributed by atoms with Gasteiger partial charge in [-0.3, -0.25) is 9.69 Å². The van der Waals surface area contributed by atoms with Gasteiger partial charge in [0.1, 0.15) is 24.0 Å². The molecule has 0 saturated heterocycles. The zero-order chi connectivity index (χ0) is 19.8. The zero-order valence-electron chi connectivity index (χ0n) is 15.9. The van der Waals surface area contributed by atoms with Gasteiger partial charge in [-0.2, -0.15) is 0 Å². The molecule has 29 heavy (non-hydrogen) atoms. The third-order valence-electron chi connectivity index (χ3n) is 5.06. The maximum atomic E-state index is 12.9. The number of ether oxygens (including phenoxy) is 3. The number of carbonyl (C=O) groups is 1. The number of benzene rings is 2. The summed E-state index contributed by atoms with van der Waals surface area (Å²) in [4.78, 5) is 16.4. The van der Waals surface area contributed by atoms with E-state index >= 15 is 0 Å². The van der Waals surface area contributed by atoms with E-state index in [-0.39, 0.29) is 5.78 Å². The molecule has 0 unspecified atom stereocenters. The van der Waals surface area contributed by atoms with Crippen molar-refractivity contribution in [1.29, 1.82) is 0 Å². The molecule has 1 aromatic heterocycles. The van der Waals surface area contributed by atoms with Gasteiger partial charge in [-0.05, 0) is 47.4 Å². The van der Waals surface area contributed by atoms with Crippen LogP contribution in [0.1, 0.15) is 26.4 Å². The van der Waals surface area contributed by atoms with Crippen LogP contribution in [-0.4, -0.2) is 24.5 Å². The summed E-state index contributed by atoms with van der Waals surface area (Å²) >= 11 is 1.73. The third-order valence-corrected chi connectivity index (χ3v) is 5.92. The minimum Gasteiger partial charge on any atom is -0.497 e. The average Bonchev–Trinajstić information content (AvgIpc) is 3.37. The van der Waals surface area contributed by atoms with Crippen molar-refractivity contribution in [2.24, 2.45) is 0 Å². The molecule has 0 bridgehead atoms. The summed E-state index contributed by atoms with van der Waals surface area (Å²) in [7, 11) is 1.63. The standard InChI is InChI=1S/C23H19NO4S/c1-26-16-6-4-15(5-7-16)11-21-22(25)18-8-9-20-19(23(18)28-21)13-24(14-27-20)12-17-3-2-10-29-17/h2-11H,12-14H2,1H3/b21-11-. The first kappa shape index (κ1) is 18.0. The van der Waals surface area contributed by atoms with Crippen molar-refractivity contribution in [1.82, 2.24) is 4.90 Å². The van der Waals surface area contributed by atoms with Gasteiger partial charge in [0.15, 0.2) is 5.76 Å². The number of ketones is 1. The van der Waals surface area contributed by atoms with E-state index in [0.29, 0.717) is 30.3 Å². The third kappa shape index (κ3) is 3.41. The largest absolute Gasteiger partial charge is 0.497 e. The van der Waals surface area contributed by atoms with Crippen molar-refractivity contribution in [2.45, 2.75) is 13.1 Å². The molecule has 146 valence electrons. The molecule has 0 saturated carbocycles. The maximum Gasteiger partial charge on any atom is 0.231 e. The Morgan fingerprint density at radius 1 is 1.17 bits per heavy atom. The molecule has 2 aliphatic rings. The molecule has 0 N–H and O–H groups in total. The van der Waals surface area contributed by atoms with Crippen molar-refractivity contribution in [3.63, 3.8) is 0 Å². The highest BCUT2D eigenvalue weighted by Gasteiger charge is 2.33. The molecule has 2 aromatic carbocycles. The molecule has 6 heteroatoms. The Kier molecular flexibility index (Phi) is 4.58. The molecule has 3 heterocycles. The van der Waals surface area contributed by atoms with Gasteiger partial charge in [0.25, 0.3) is 0 Å². The second kappa shape index (κ2) is 7.39. The number of fused-ring (bicyclic) bond motifs is 3. The number of methoxy groups -OCH3 is 1. The topological polar surface area (TPSA) is 48.0 Å². The number of thiophene rings is 1. The van der Waals surface area contributed by atoms with Gasteiger partial charge in [-0.1, -0.05) is 18.2 Å². The second-order valence-corrected chi connectivity index (χ2v) is 8.00. The van der Waals surface area contributed by atoms with E-state index in [0.717, 1.165) is 29.2 Å². The molecule has 0 atom stereocenters. The number of allylic oxidation sites excluding steroid dienone is 1. The van der Waals surface area contributed by atoms with Crippen LogP contribution < -0.4 is 14.2 Å². The Hall–Kier alpha value is -3.09. The summed E-state index contributed by atoms with van der Waals surface area (Å²) in [6.07, 6.45) is 1.77. The fourth-order valence-electron chi connectivity index (χ4n) is 3.58. The Morgan fingerprint density at radius 2 is 2.03 bits per heavy atom. The summed E-state index contributed by atoms with van der Waals surface area (Å²) in [5.41, 5.74) is 2.40. The van der Waals surface area contributed by atoms with Crippen LogP contribution in [0, 0.1) is 0 Å². The van der Waals surface area contributed by atoms with Gasteiger partial charge < -0.3 is 14.2 Å². The maximum absolute atomic E-state index is 12.9. The van der Waals surface area contributed by atoms with Crippen molar-refractivity contribution < 1.29 is 19.0 Å². The molecular weight excluding hydrogens is 386 g/mol. The van der Waals surface area contributed by atoms with E-state index < -0.39 is 0 Å². The Morgan fingerprint density at radius 3 is 2.79 bits per heavy atom. The van der Waals surface area contributed by atoms with Gasteiger partial charge in [0, 0.05) is 18.0 Å². The fourth-order valence-corrected chi connectivity index (χ4v) is 4.33. The first-order valence-corrected chi connectivity index (χ1v) is 10.2. The molecule has 0 radical (unpaired) electrons. The summed E-state index contributed by atoms with van der Waals surface area (Å²) < 4.78 is 17.2. The van der Waals surface area contributed by atoms with Gasteiger partial charge in [-0.15, -0.1) is 11.3 Å². The lowest BCUT2D eigenvalue weighted by Gasteiger charge is -2.29. The van der Waals surface area contributed by atoms with E-state index in [1.165, 1.54) is 4.88 Å². The van der Waals surface area contributed by atoms with E-state index in [1.54, 1.807) is 30.6 Å².